The molecule has 0 saturated carbocycles. The average Bonchev–Trinajstić information content (AvgIpc) is 2.55. The highest BCUT2D eigenvalue weighted by Crippen LogP contribution is 2.22. The van der Waals surface area contributed by atoms with E-state index in [9.17, 15) is 4.79 Å². The fourth-order valence-corrected chi connectivity index (χ4v) is 3.74. The van der Waals surface area contributed by atoms with Crippen molar-refractivity contribution in [2.24, 2.45) is 5.92 Å². The number of piperidine rings is 1. The third kappa shape index (κ3) is 3.53. The van der Waals surface area contributed by atoms with E-state index in [1.165, 1.54) is 32.4 Å². The van der Waals surface area contributed by atoms with E-state index in [1.807, 2.05) is 30.3 Å². The first kappa shape index (κ1) is 14.7. The lowest BCUT2D eigenvalue weighted by Crippen LogP contribution is -2.55. The molecular formula is C18H26N2O. The third-order valence-corrected chi connectivity index (χ3v) is 4.96. The first-order valence-electron chi connectivity index (χ1n) is 8.29. The monoisotopic (exact) mass is 286 g/mol. The zero-order chi connectivity index (χ0) is 14.7. The molecule has 0 N–H and O–H groups in total. The smallest absolute Gasteiger partial charge is 0.166 e. The molecule has 0 spiro atoms. The predicted molar refractivity (Wildman–Crippen MR) is 85.6 cm³/mol. The van der Waals surface area contributed by atoms with Crippen molar-refractivity contribution in [1.82, 2.24) is 9.80 Å². The van der Waals surface area contributed by atoms with Crippen LogP contribution in [-0.4, -0.2) is 54.3 Å². The van der Waals surface area contributed by atoms with Gasteiger partial charge in [0, 0.05) is 43.7 Å². The molecule has 21 heavy (non-hydrogen) atoms. The molecule has 3 nitrogen and oxygen atoms in total. The van der Waals surface area contributed by atoms with Crippen LogP contribution in [-0.2, 0) is 0 Å². The van der Waals surface area contributed by atoms with Crippen LogP contribution in [0.15, 0.2) is 30.3 Å². The van der Waals surface area contributed by atoms with Crippen molar-refractivity contribution in [3.05, 3.63) is 35.9 Å². The molecule has 2 atom stereocenters. The lowest BCUT2D eigenvalue weighted by Gasteiger charge is -2.44. The highest BCUT2D eigenvalue weighted by atomic mass is 16.1. The van der Waals surface area contributed by atoms with Gasteiger partial charge >= 0.3 is 0 Å². The standard InChI is InChI=1S/C18H26N2O/c1-15(18(21)16-7-3-2-4-8-16)13-19-11-12-20-10-6-5-9-17(20)14-19/h2-4,7-8,15,17H,5-6,9-14H2,1H3. The minimum absolute atomic E-state index is 0.0857. The van der Waals surface area contributed by atoms with E-state index < -0.39 is 0 Å². The van der Waals surface area contributed by atoms with Gasteiger partial charge in [-0.15, -0.1) is 0 Å². The summed E-state index contributed by atoms with van der Waals surface area (Å²) in [6.45, 7) is 7.68. The molecule has 0 amide bonds. The van der Waals surface area contributed by atoms with Crippen LogP contribution in [0, 0.1) is 5.92 Å². The Morgan fingerprint density at radius 1 is 1.19 bits per heavy atom. The molecule has 2 heterocycles. The van der Waals surface area contributed by atoms with E-state index in [1.54, 1.807) is 0 Å². The second kappa shape index (κ2) is 6.71. The van der Waals surface area contributed by atoms with E-state index in [0.717, 1.165) is 31.2 Å². The lowest BCUT2D eigenvalue weighted by atomic mass is 9.96. The van der Waals surface area contributed by atoms with Crippen molar-refractivity contribution in [3.63, 3.8) is 0 Å². The molecule has 2 saturated heterocycles. The number of rotatable bonds is 4. The van der Waals surface area contributed by atoms with Crippen LogP contribution in [0.1, 0.15) is 36.5 Å². The van der Waals surface area contributed by atoms with Gasteiger partial charge in [0.15, 0.2) is 5.78 Å². The quantitative estimate of drug-likeness (QED) is 0.795. The number of fused-ring (bicyclic) bond motifs is 1. The van der Waals surface area contributed by atoms with Gasteiger partial charge in [0.2, 0.25) is 0 Å². The molecule has 1 aromatic carbocycles. The summed E-state index contributed by atoms with van der Waals surface area (Å²) in [5, 5.41) is 0. The zero-order valence-electron chi connectivity index (χ0n) is 13.0. The van der Waals surface area contributed by atoms with Gasteiger partial charge in [0.05, 0.1) is 0 Å². The van der Waals surface area contributed by atoms with Crippen molar-refractivity contribution in [1.29, 1.82) is 0 Å². The SMILES string of the molecule is CC(CN1CCN2CCCCC2C1)C(=O)c1ccccc1. The molecule has 1 aromatic rings. The van der Waals surface area contributed by atoms with Crippen molar-refractivity contribution >= 4 is 5.78 Å². The Morgan fingerprint density at radius 3 is 2.81 bits per heavy atom. The summed E-state index contributed by atoms with van der Waals surface area (Å²) in [4.78, 5) is 17.6. The number of carbonyl (C=O) groups excluding carboxylic acids is 1. The summed E-state index contributed by atoms with van der Waals surface area (Å²) in [7, 11) is 0. The van der Waals surface area contributed by atoms with E-state index >= 15 is 0 Å². The maximum atomic E-state index is 12.5. The molecule has 0 radical (unpaired) electrons. The Labute approximate surface area is 127 Å². The number of benzene rings is 1. The fraction of sp³-hybridized carbons (Fsp3) is 0.611. The summed E-state index contributed by atoms with van der Waals surface area (Å²) in [6.07, 6.45) is 4.06. The Hall–Kier alpha value is -1.19. The molecular weight excluding hydrogens is 260 g/mol. The molecule has 2 aliphatic heterocycles. The molecule has 0 aromatic heterocycles. The Morgan fingerprint density at radius 2 is 2.00 bits per heavy atom. The molecule has 114 valence electrons. The van der Waals surface area contributed by atoms with E-state index in [2.05, 4.69) is 16.7 Å². The molecule has 0 bridgehead atoms. The van der Waals surface area contributed by atoms with Gasteiger partial charge in [-0.25, -0.2) is 0 Å². The predicted octanol–water partition coefficient (Wildman–Crippen LogP) is 2.68. The maximum Gasteiger partial charge on any atom is 0.166 e. The molecule has 2 unspecified atom stereocenters. The zero-order valence-corrected chi connectivity index (χ0v) is 13.0. The van der Waals surface area contributed by atoms with Crippen LogP contribution < -0.4 is 0 Å². The Kier molecular flexibility index (Phi) is 4.71. The summed E-state index contributed by atoms with van der Waals surface area (Å²) < 4.78 is 0. The molecule has 2 fully saturated rings. The van der Waals surface area contributed by atoms with Gasteiger partial charge in [0.25, 0.3) is 0 Å². The third-order valence-electron chi connectivity index (χ3n) is 4.96. The fourth-order valence-electron chi connectivity index (χ4n) is 3.74. The van der Waals surface area contributed by atoms with Gasteiger partial charge in [-0.1, -0.05) is 43.7 Å². The Bertz CT molecular complexity index is 473. The number of hydrogen-bond acceptors (Lipinski definition) is 3. The number of Topliss-reactive ketones (excluding diaryl/α,β-unsaturated/α-hetero) is 1. The van der Waals surface area contributed by atoms with Crippen LogP contribution in [0.3, 0.4) is 0 Å². The van der Waals surface area contributed by atoms with E-state index in [0.29, 0.717) is 0 Å². The Balaban J connectivity index is 1.55. The van der Waals surface area contributed by atoms with Gasteiger partial charge < -0.3 is 0 Å². The van der Waals surface area contributed by atoms with Crippen LogP contribution in [0.25, 0.3) is 0 Å². The summed E-state index contributed by atoms with van der Waals surface area (Å²) in [5.74, 6) is 0.365. The van der Waals surface area contributed by atoms with Crippen LogP contribution in [0.4, 0.5) is 0 Å². The van der Waals surface area contributed by atoms with Crippen molar-refractivity contribution in [3.8, 4) is 0 Å². The minimum atomic E-state index is 0.0857. The second-order valence-corrected chi connectivity index (χ2v) is 6.58. The van der Waals surface area contributed by atoms with Gasteiger partial charge in [-0.05, 0) is 19.4 Å². The average molecular weight is 286 g/mol. The number of nitrogens with zero attached hydrogens (tertiary/aromatic N) is 2. The molecule has 3 rings (SSSR count). The van der Waals surface area contributed by atoms with Crippen LogP contribution in [0.5, 0.6) is 0 Å². The number of carbonyl (C=O) groups is 1. The second-order valence-electron chi connectivity index (χ2n) is 6.58. The molecule has 2 aliphatic rings. The van der Waals surface area contributed by atoms with Crippen LogP contribution >= 0.6 is 0 Å². The lowest BCUT2D eigenvalue weighted by molar-refractivity contribution is 0.0417. The highest BCUT2D eigenvalue weighted by molar-refractivity contribution is 5.97. The summed E-state index contributed by atoms with van der Waals surface area (Å²) in [5.41, 5.74) is 0.848. The topological polar surface area (TPSA) is 23.6 Å². The first-order valence-corrected chi connectivity index (χ1v) is 8.29. The summed E-state index contributed by atoms with van der Waals surface area (Å²) >= 11 is 0. The first-order chi connectivity index (χ1) is 10.2. The summed E-state index contributed by atoms with van der Waals surface area (Å²) in [6, 6.07) is 10.4. The minimum Gasteiger partial charge on any atom is -0.300 e. The van der Waals surface area contributed by atoms with Gasteiger partial charge in [-0.2, -0.15) is 0 Å². The number of ketones is 1. The largest absolute Gasteiger partial charge is 0.300 e. The van der Waals surface area contributed by atoms with E-state index in [4.69, 9.17) is 0 Å². The van der Waals surface area contributed by atoms with Gasteiger partial charge in [0.1, 0.15) is 0 Å². The molecule has 3 heteroatoms. The number of piperazine rings is 1. The van der Waals surface area contributed by atoms with Crippen molar-refractivity contribution in [2.75, 3.05) is 32.7 Å². The van der Waals surface area contributed by atoms with Gasteiger partial charge in [-0.3, -0.25) is 14.6 Å². The van der Waals surface area contributed by atoms with Crippen LogP contribution in [0.2, 0.25) is 0 Å². The van der Waals surface area contributed by atoms with Crippen molar-refractivity contribution < 1.29 is 4.79 Å². The van der Waals surface area contributed by atoms with E-state index in [-0.39, 0.29) is 11.7 Å². The van der Waals surface area contributed by atoms with Crippen molar-refractivity contribution in [2.45, 2.75) is 32.2 Å². The number of hydrogen-bond donors (Lipinski definition) is 0. The highest BCUT2D eigenvalue weighted by Gasteiger charge is 2.30. The molecule has 0 aliphatic carbocycles. The normalized spacial score (nSPS) is 25.3. The maximum absolute atomic E-state index is 12.5.